The molecule has 0 radical (unpaired) electrons. The number of rotatable bonds is 4. The molecule has 0 amide bonds. The van der Waals surface area contributed by atoms with E-state index in [9.17, 15) is 0 Å². The molecule has 0 aliphatic heterocycles. The predicted octanol–water partition coefficient (Wildman–Crippen LogP) is 8.52. The van der Waals surface area contributed by atoms with Crippen LogP contribution in [0.1, 0.15) is 0 Å². The Balaban J connectivity index is 1.47. The molecule has 5 aromatic carbocycles. The van der Waals surface area contributed by atoms with Crippen LogP contribution in [0, 0.1) is 0 Å². The summed E-state index contributed by atoms with van der Waals surface area (Å²) in [6, 6.07) is 45.0. The number of aromatic nitrogens is 1. The van der Waals surface area contributed by atoms with Crippen molar-refractivity contribution in [2.45, 2.75) is 0 Å². The van der Waals surface area contributed by atoms with Crippen molar-refractivity contribution >= 4 is 38.7 Å². The third-order valence-corrected chi connectivity index (χ3v) is 6.05. The molecule has 6 rings (SSSR count). The van der Waals surface area contributed by atoms with E-state index in [-0.39, 0.29) is 0 Å². The Labute approximate surface area is 193 Å². The molecule has 0 saturated carbocycles. The second-order valence-electron chi connectivity index (χ2n) is 8.16. The third kappa shape index (κ3) is 3.72. The van der Waals surface area contributed by atoms with Crippen molar-refractivity contribution in [2.24, 2.45) is 0 Å². The quantitative estimate of drug-likeness (QED) is 0.283. The van der Waals surface area contributed by atoms with E-state index in [4.69, 9.17) is 0 Å². The van der Waals surface area contributed by atoms with Crippen LogP contribution in [0.3, 0.4) is 0 Å². The molecule has 0 N–H and O–H groups in total. The highest BCUT2D eigenvalue weighted by Crippen LogP contribution is 2.36. The van der Waals surface area contributed by atoms with E-state index in [0.717, 1.165) is 28.0 Å². The average Bonchev–Trinajstić information content (AvgIpc) is 2.89. The largest absolute Gasteiger partial charge is 0.310 e. The lowest BCUT2D eigenvalue weighted by Crippen LogP contribution is -2.09. The molecule has 156 valence electrons. The summed E-state index contributed by atoms with van der Waals surface area (Å²) in [6.45, 7) is 0. The zero-order valence-corrected chi connectivity index (χ0v) is 18.1. The average molecular weight is 423 g/mol. The van der Waals surface area contributed by atoms with Gasteiger partial charge >= 0.3 is 0 Å². The summed E-state index contributed by atoms with van der Waals surface area (Å²) in [7, 11) is 0. The van der Waals surface area contributed by atoms with E-state index in [1.165, 1.54) is 21.9 Å². The van der Waals surface area contributed by atoms with E-state index in [1.807, 2.05) is 12.3 Å². The maximum Gasteiger partial charge on any atom is 0.0702 e. The molecule has 33 heavy (non-hydrogen) atoms. The molecule has 0 aliphatic carbocycles. The van der Waals surface area contributed by atoms with Crippen molar-refractivity contribution in [3.8, 4) is 11.1 Å². The van der Waals surface area contributed by atoms with E-state index < -0.39 is 0 Å². The summed E-state index contributed by atoms with van der Waals surface area (Å²) in [5.74, 6) is 0. The number of hydrogen-bond donors (Lipinski definition) is 0. The first-order chi connectivity index (χ1) is 16.3. The van der Waals surface area contributed by atoms with Crippen molar-refractivity contribution in [2.75, 3.05) is 4.90 Å². The van der Waals surface area contributed by atoms with Gasteiger partial charge in [0.25, 0.3) is 0 Å². The van der Waals surface area contributed by atoms with Gasteiger partial charge in [0.05, 0.1) is 5.52 Å². The SMILES string of the molecule is c1ccc(N(c2ccccc2)c2ccc3ccc(-c4ccc5ncccc5c4)cc3c2)cc1. The highest BCUT2D eigenvalue weighted by molar-refractivity contribution is 5.93. The lowest BCUT2D eigenvalue weighted by atomic mass is 9.99. The van der Waals surface area contributed by atoms with Crippen molar-refractivity contribution in [1.82, 2.24) is 4.98 Å². The van der Waals surface area contributed by atoms with E-state index in [0.29, 0.717) is 0 Å². The molecule has 0 fully saturated rings. The molecule has 2 heteroatoms. The minimum absolute atomic E-state index is 1.02. The van der Waals surface area contributed by atoms with Gasteiger partial charge in [-0.25, -0.2) is 0 Å². The van der Waals surface area contributed by atoms with Gasteiger partial charge in [-0.3, -0.25) is 4.98 Å². The first-order valence-corrected chi connectivity index (χ1v) is 11.1. The van der Waals surface area contributed by atoms with Crippen LogP contribution in [0.2, 0.25) is 0 Å². The Morgan fingerprint density at radius 1 is 0.424 bits per heavy atom. The van der Waals surface area contributed by atoms with Crippen LogP contribution in [0.25, 0.3) is 32.8 Å². The summed E-state index contributed by atoms with van der Waals surface area (Å²) in [4.78, 5) is 6.75. The van der Waals surface area contributed by atoms with Gasteiger partial charge in [0.2, 0.25) is 0 Å². The normalized spacial score (nSPS) is 11.0. The maximum atomic E-state index is 4.45. The monoisotopic (exact) mass is 422 g/mol. The standard InChI is InChI=1S/C31H22N2/c1-3-9-28(10-4-1)33(29-11-5-2-6-12-29)30-17-15-23-13-14-24(21-27(23)22-30)25-16-18-31-26(20-25)8-7-19-32-31/h1-22H. The van der Waals surface area contributed by atoms with E-state index >= 15 is 0 Å². The molecular weight excluding hydrogens is 400 g/mol. The van der Waals surface area contributed by atoms with E-state index in [2.05, 4.69) is 131 Å². The Hall–Kier alpha value is -4.43. The molecule has 2 nitrogen and oxygen atoms in total. The van der Waals surface area contributed by atoms with Gasteiger partial charge in [-0.15, -0.1) is 0 Å². The van der Waals surface area contributed by atoms with Crippen LogP contribution in [0.4, 0.5) is 17.1 Å². The van der Waals surface area contributed by atoms with Crippen LogP contribution in [-0.4, -0.2) is 4.98 Å². The van der Waals surface area contributed by atoms with Crippen LogP contribution in [0.15, 0.2) is 134 Å². The Bertz CT molecular complexity index is 1520. The summed E-state index contributed by atoms with van der Waals surface area (Å²) < 4.78 is 0. The Morgan fingerprint density at radius 3 is 1.79 bits per heavy atom. The lowest BCUT2D eigenvalue weighted by Gasteiger charge is -2.25. The minimum atomic E-state index is 1.02. The number of anilines is 3. The molecule has 0 aliphatic rings. The highest BCUT2D eigenvalue weighted by Gasteiger charge is 2.12. The third-order valence-electron chi connectivity index (χ3n) is 6.05. The van der Waals surface area contributed by atoms with Crippen molar-refractivity contribution in [3.63, 3.8) is 0 Å². The molecule has 0 atom stereocenters. The first kappa shape index (κ1) is 19.3. The van der Waals surface area contributed by atoms with Gasteiger partial charge in [0.1, 0.15) is 0 Å². The second kappa shape index (κ2) is 8.25. The van der Waals surface area contributed by atoms with Gasteiger partial charge in [-0.2, -0.15) is 0 Å². The number of hydrogen-bond acceptors (Lipinski definition) is 2. The van der Waals surface area contributed by atoms with Crippen LogP contribution >= 0.6 is 0 Å². The molecule has 6 aromatic rings. The van der Waals surface area contributed by atoms with Crippen molar-refractivity contribution < 1.29 is 0 Å². The van der Waals surface area contributed by atoms with Gasteiger partial charge in [0.15, 0.2) is 0 Å². The molecule has 0 unspecified atom stereocenters. The maximum absolute atomic E-state index is 4.45. The fraction of sp³-hybridized carbons (Fsp3) is 0. The minimum Gasteiger partial charge on any atom is -0.310 e. The predicted molar refractivity (Wildman–Crippen MR) is 139 cm³/mol. The number of fused-ring (bicyclic) bond motifs is 2. The number of benzene rings is 5. The highest BCUT2D eigenvalue weighted by atomic mass is 15.1. The van der Waals surface area contributed by atoms with Gasteiger partial charge in [0, 0.05) is 28.6 Å². The number of para-hydroxylation sites is 2. The molecular formula is C31H22N2. The van der Waals surface area contributed by atoms with Crippen LogP contribution < -0.4 is 4.90 Å². The molecule has 1 aromatic heterocycles. The number of nitrogens with zero attached hydrogens (tertiary/aromatic N) is 2. The second-order valence-corrected chi connectivity index (χ2v) is 8.16. The van der Waals surface area contributed by atoms with Gasteiger partial charge in [-0.05, 0) is 82.6 Å². The van der Waals surface area contributed by atoms with Gasteiger partial charge < -0.3 is 4.90 Å². The van der Waals surface area contributed by atoms with Crippen molar-refractivity contribution in [1.29, 1.82) is 0 Å². The smallest absolute Gasteiger partial charge is 0.0702 e. The van der Waals surface area contributed by atoms with Gasteiger partial charge in [-0.1, -0.05) is 66.7 Å². The summed E-state index contributed by atoms with van der Waals surface area (Å²) in [5, 5.41) is 3.60. The molecule has 1 heterocycles. The zero-order valence-electron chi connectivity index (χ0n) is 18.1. The lowest BCUT2D eigenvalue weighted by molar-refractivity contribution is 1.29. The molecule has 0 saturated heterocycles. The summed E-state index contributed by atoms with van der Waals surface area (Å²) in [5.41, 5.74) is 6.84. The molecule has 0 spiro atoms. The number of pyridine rings is 1. The summed E-state index contributed by atoms with van der Waals surface area (Å²) >= 11 is 0. The topological polar surface area (TPSA) is 16.1 Å². The van der Waals surface area contributed by atoms with Crippen molar-refractivity contribution in [3.05, 3.63) is 134 Å². The van der Waals surface area contributed by atoms with E-state index in [1.54, 1.807) is 0 Å². The summed E-state index contributed by atoms with van der Waals surface area (Å²) in [6.07, 6.45) is 1.84. The fourth-order valence-electron chi connectivity index (χ4n) is 4.41. The first-order valence-electron chi connectivity index (χ1n) is 11.1. The molecule has 0 bridgehead atoms. The van der Waals surface area contributed by atoms with Crippen LogP contribution in [0.5, 0.6) is 0 Å². The Kier molecular flexibility index (Phi) is 4.82. The zero-order chi connectivity index (χ0) is 22.0. The van der Waals surface area contributed by atoms with Crippen LogP contribution in [-0.2, 0) is 0 Å². The Morgan fingerprint density at radius 2 is 1.06 bits per heavy atom. The fourth-order valence-corrected chi connectivity index (χ4v) is 4.41.